The monoisotopic (exact) mass is 355 g/mol. The summed E-state index contributed by atoms with van der Waals surface area (Å²) in [6.07, 6.45) is 0. The van der Waals surface area contributed by atoms with Crippen molar-refractivity contribution in [2.75, 3.05) is 11.1 Å². The second-order valence-electron chi connectivity index (χ2n) is 5.02. The van der Waals surface area contributed by atoms with E-state index in [2.05, 4.69) is 10.1 Å². The molecule has 0 aromatic heterocycles. The molecule has 128 valence electrons. The van der Waals surface area contributed by atoms with Crippen LogP contribution in [-0.4, -0.2) is 26.7 Å². The Balaban J connectivity index is 2.01. The van der Waals surface area contributed by atoms with Crippen LogP contribution in [0.2, 0.25) is 0 Å². The molecule has 0 radical (unpaired) electrons. The van der Waals surface area contributed by atoms with Crippen LogP contribution in [0.25, 0.3) is 0 Å². The molecule has 1 amide bonds. The Kier molecular flexibility index (Phi) is 5.50. The molecule has 2 aromatic carbocycles. The number of halogens is 2. The van der Waals surface area contributed by atoms with Crippen molar-refractivity contribution >= 4 is 21.4 Å². The third-order valence-electron chi connectivity index (χ3n) is 3.06. The molecule has 0 spiro atoms. The van der Waals surface area contributed by atoms with Crippen LogP contribution in [0.1, 0.15) is 5.56 Å². The number of rotatable bonds is 6. The molecule has 0 saturated heterocycles. The van der Waals surface area contributed by atoms with Crippen molar-refractivity contribution < 1.29 is 26.7 Å². The summed E-state index contributed by atoms with van der Waals surface area (Å²) in [6, 6.07) is 11.3. The average Bonchev–Trinajstić information content (AvgIpc) is 2.48. The fourth-order valence-corrected chi connectivity index (χ4v) is 3.05. The number of anilines is 1. The molecular weight excluding hydrogens is 340 g/mol. The highest BCUT2D eigenvalue weighted by Gasteiger charge is 2.19. The van der Waals surface area contributed by atoms with Crippen molar-refractivity contribution in [2.24, 2.45) is 0 Å². The van der Waals surface area contributed by atoms with Gasteiger partial charge < -0.3 is 10.1 Å². The zero-order valence-corrected chi connectivity index (χ0v) is 13.5. The molecule has 5 nitrogen and oxygen atoms in total. The molecule has 0 aliphatic heterocycles. The number of nitrogens with one attached hydrogen (secondary N) is 1. The molecule has 0 heterocycles. The number of amides is 1. The Morgan fingerprint density at radius 2 is 1.67 bits per heavy atom. The van der Waals surface area contributed by atoms with E-state index in [-0.39, 0.29) is 16.3 Å². The molecule has 2 rings (SSSR count). The minimum absolute atomic E-state index is 0.0592. The number of carbonyl (C=O) groups excluding carboxylic acids is 1. The van der Waals surface area contributed by atoms with Gasteiger partial charge in [0.05, 0.1) is 4.90 Å². The maximum absolute atomic E-state index is 12.2. The second kappa shape index (κ2) is 7.39. The maximum Gasteiger partial charge on any atom is 0.387 e. The number of carbonyl (C=O) groups is 1. The predicted octanol–water partition coefficient (Wildman–Crippen LogP) is 3.01. The summed E-state index contributed by atoms with van der Waals surface area (Å²) in [5.41, 5.74) is 1.19. The van der Waals surface area contributed by atoms with Crippen LogP contribution in [0, 0.1) is 6.92 Å². The Bertz CT molecular complexity index is 803. The highest BCUT2D eigenvalue weighted by Crippen LogP contribution is 2.18. The molecule has 0 aliphatic carbocycles. The van der Waals surface area contributed by atoms with Crippen molar-refractivity contribution in [1.29, 1.82) is 0 Å². The first kappa shape index (κ1) is 17.9. The summed E-state index contributed by atoms with van der Waals surface area (Å²) < 4.78 is 52.6. The second-order valence-corrected chi connectivity index (χ2v) is 7.01. The van der Waals surface area contributed by atoms with Crippen molar-refractivity contribution in [1.82, 2.24) is 0 Å². The standard InChI is InChI=1S/C16H15F2NO4S/c1-11-2-8-14(9-3-11)24(21,22)10-15(20)19-12-4-6-13(7-5-12)23-16(17)18/h2-9,16H,10H2,1H3,(H,19,20). The number of benzene rings is 2. The lowest BCUT2D eigenvalue weighted by Crippen LogP contribution is -2.23. The van der Waals surface area contributed by atoms with Gasteiger partial charge >= 0.3 is 6.61 Å². The first-order chi connectivity index (χ1) is 11.3. The van der Waals surface area contributed by atoms with Gasteiger partial charge in [-0.25, -0.2) is 8.42 Å². The molecule has 1 N–H and O–H groups in total. The van der Waals surface area contributed by atoms with Crippen LogP contribution in [0.15, 0.2) is 53.4 Å². The van der Waals surface area contributed by atoms with E-state index in [0.29, 0.717) is 0 Å². The minimum Gasteiger partial charge on any atom is -0.435 e. The van der Waals surface area contributed by atoms with Gasteiger partial charge in [0.1, 0.15) is 11.5 Å². The van der Waals surface area contributed by atoms with Crippen molar-refractivity contribution in [3.05, 3.63) is 54.1 Å². The average molecular weight is 355 g/mol. The Morgan fingerprint density at radius 1 is 1.08 bits per heavy atom. The van der Waals surface area contributed by atoms with E-state index in [0.717, 1.165) is 5.56 Å². The van der Waals surface area contributed by atoms with Crippen molar-refractivity contribution in [3.8, 4) is 5.75 Å². The van der Waals surface area contributed by atoms with E-state index >= 15 is 0 Å². The quantitative estimate of drug-likeness (QED) is 0.865. The normalized spacial score (nSPS) is 11.3. The number of hydrogen-bond donors (Lipinski definition) is 1. The summed E-state index contributed by atoms with van der Waals surface area (Å²) in [7, 11) is -3.76. The zero-order valence-electron chi connectivity index (χ0n) is 12.7. The van der Waals surface area contributed by atoms with Crippen LogP contribution >= 0.6 is 0 Å². The molecule has 0 atom stereocenters. The van der Waals surface area contributed by atoms with E-state index in [1.54, 1.807) is 12.1 Å². The van der Waals surface area contributed by atoms with Gasteiger partial charge in [0.2, 0.25) is 5.91 Å². The van der Waals surface area contributed by atoms with Crippen LogP contribution in [0.5, 0.6) is 5.75 Å². The summed E-state index contributed by atoms with van der Waals surface area (Å²) in [4.78, 5) is 11.9. The number of sulfone groups is 1. The Hall–Kier alpha value is -2.48. The topological polar surface area (TPSA) is 72.5 Å². The van der Waals surface area contributed by atoms with Gasteiger partial charge in [-0.2, -0.15) is 8.78 Å². The molecular formula is C16H15F2NO4S. The van der Waals surface area contributed by atoms with Gasteiger partial charge in [-0.1, -0.05) is 17.7 Å². The predicted molar refractivity (Wildman–Crippen MR) is 84.9 cm³/mol. The molecule has 24 heavy (non-hydrogen) atoms. The van der Waals surface area contributed by atoms with Crippen molar-refractivity contribution in [2.45, 2.75) is 18.4 Å². The number of hydrogen-bond acceptors (Lipinski definition) is 4. The van der Waals surface area contributed by atoms with E-state index < -0.39 is 28.1 Å². The Morgan fingerprint density at radius 3 is 2.21 bits per heavy atom. The fraction of sp³-hybridized carbons (Fsp3) is 0.188. The first-order valence-corrected chi connectivity index (χ1v) is 8.56. The third-order valence-corrected chi connectivity index (χ3v) is 4.70. The Labute approximate surface area is 138 Å². The van der Waals surface area contributed by atoms with Gasteiger partial charge in [0.25, 0.3) is 0 Å². The summed E-state index contributed by atoms with van der Waals surface area (Å²) in [5.74, 6) is -1.50. The van der Waals surface area contributed by atoms with E-state index in [1.807, 2.05) is 6.92 Å². The largest absolute Gasteiger partial charge is 0.435 e. The lowest BCUT2D eigenvalue weighted by molar-refractivity contribution is -0.113. The number of ether oxygens (including phenoxy) is 1. The molecule has 0 saturated carbocycles. The third kappa shape index (κ3) is 5.02. The number of alkyl halides is 2. The van der Waals surface area contributed by atoms with Crippen LogP contribution < -0.4 is 10.1 Å². The van der Waals surface area contributed by atoms with Gasteiger partial charge in [-0.3, -0.25) is 4.79 Å². The SMILES string of the molecule is Cc1ccc(S(=O)(=O)CC(=O)Nc2ccc(OC(F)F)cc2)cc1. The lowest BCUT2D eigenvalue weighted by atomic mass is 10.2. The molecule has 0 fully saturated rings. The van der Waals surface area contributed by atoms with E-state index in [4.69, 9.17) is 0 Å². The summed E-state index contributed by atoms with van der Waals surface area (Å²) >= 11 is 0. The lowest BCUT2D eigenvalue weighted by Gasteiger charge is -2.08. The minimum atomic E-state index is -3.76. The van der Waals surface area contributed by atoms with E-state index in [1.165, 1.54) is 36.4 Å². The molecule has 8 heteroatoms. The van der Waals surface area contributed by atoms with Gasteiger partial charge in [-0.15, -0.1) is 0 Å². The van der Waals surface area contributed by atoms with Crippen LogP contribution in [-0.2, 0) is 14.6 Å². The number of aryl methyl sites for hydroxylation is 1. The highest BCUT2D eigenvalue weighted by molar-refractivity contribution is 7.92. The van der Waals surface area contributed by atoms with Gasteiger partial charge in [0.15, 0.2) is 9.84 Å². The molecule has 0 aliphatic rings. The molecule has 2 aromatic rings. The highest BCUT2D eigenvalue weighted by atomic mass is 32.2. The van der Waals surface area contributed by atoms with Gasteiger partial charge in [0, 0.05) is 5.69 Å². The molecule has 0 bridgehead atoms. The van der Waals surface area contributed by atoms with E-state index in [9.17, 15) is 22.0 Å². The first-order valence-electron chi connectivity index (χ1n) is 6.90. The molecule has 0 unspecified atom stereocenters. The zero-order chi connectivity index (χ0) is 17.7. The van der Waals surface area contributed by atoms with Crippen molar-refractivity contribution in [3.63, 3.8) is 0 Å². The summed E-state index contributed by atoms with van der Waals surface area (Å²) in [5, 5.41) is 2.40. The summed E-state index contributed by atoms with van der Waals surface area (Å²) in [6.45, 7) is -1.12. The van der Waals surface area contributed by atoms with Crippen LogP contribution in [0.4, 0.5) is 14.5 Å². The maximum atomic E-state index is 12.2. The van der Waals surface area contributed by atoms with Gasteiger partial charge in [-0.05, 0) is 43.3 Å². The van der Waals surface area contributed by atoms with Crippen LogP contribution in [0.3, 0.4) is 0 Å². The fourth-order valence-electron chi connectivity index (χ4n) is 1.92. The smallest absolute Gasteiger partial charge is 0.387 e.